The molecule has 94 heavy (non-hydrogen) atoms. The first-order chi connectivity index (χ1) is 45.8. The number of pyridine rings is 1. The molecule has 0 saturated heterocycles. The molecule has 5 nitrogen and oxygen atoms in total. The third-order valence-corrected chi connectivity index (χ3v) is 19.0. The Morgan fingerprint density at radius 2 is 0.787 bits per heavy atom. The number of para-hydroxylation sites is 4. The number of hydrogen-bond acceptors (Lipinski definition) is 2. The van der Waals surface area contributed by atoms with Gasteiger partial charge in [0, 0.05) is 44.3 Å². The van der Waals surface area contributed by atoms with Crippen molar-refractivity contribution >= 4 is 32.8 Å². The zero-order chi connectivity index (χ0) is 61.9. The third-order valence-electron chi connectivity index (χ3n) is 19.0. The number of nitrogens with zero attached hydrogens (tertiary/aromatic N) is 4. The second kappa shape index (κ2) is 22.6. The fourth-order valence-corrected chi connectivity index (χ4v) is 14.6. The second-order valence-electron chi connectivity index (χ2n) is 25.3. The summed E-state index contributed by atoms with van der Waals surface area (Å²) in [7, 11) is 0. The minimum Gasteiger partial charge on any atom is -0.510 e. The summed E-state index contributed by atoms with van der Waals surface area (Å²) in [6, 6.07) is 113. The Balaban J connectivity index is 0.00000672. The van der Waals surface area contributed by atoms with Crippen LogP contribution in [-0.4, -0.2) is 14.1 Å². The molecule has 16 aromatic rings. The van der Waals surface area contributed by atoms with Gasteiger partial charge in [-0.1, -0.05) is 257 Å². The Hall–Kier alpha value is -11.2. The van der Waals surface area contributed by atoms with Crippen LogP contribution < -0.4 is 9.30 Å². The van der Waals surface area contributed by atoms with Crippen molar-refractivity contribution in [1.29, 1.82) is 0 Å². The number of hydrogen-bond donors (Lipinski definition) is 0. The van der Waals surface area contributed by atoms with E-state index in [4.69, 9.17) is 9.72 Å². The Morgan fingerprint density at radius 3 is 1.30 bits per heavy atom. The molecular weight excluding hydrogens is 1320 g/mol. The fraction of sp³-hybridized carbons (Fsp3) is 0.0455. The van der Waals surface area contributed by atoms with Crippen molar-refractivity contribution in [2.45, 2.75) is 26.2 Å². The summed E-state index contributed by atoms with van der Waals surface area (Å²) in [6.07, 6.45) is 5.89. The number of fused-ring (bicyclic) bond motifs is 20. The van der Waals surface area contributed by atoms with Gasteiger partial charge < -0.3 is 13.9 Å². The van der Waals surface area contributed by atoms with Crippen molar-refractivity contribution in [2.75, 3.05) is 0 Å². The first-order valence-electron chi connectivity index (χ1n) is 31.8. The maximum Gasteiger partial charge on any atom is 0.268 e. The SMILES string of the molecule is CC(C)(C)c1ccnc(-n2c3[c-]c(Oc4[c-]c(-n5[c-][n+](-c6c(-c7ccc8c(c7)-c7ccccc7-c7ccccc7-c7ccccc7-8)cccc6-c6ccc7c(c6)-c6ccccc6-c6ccccc6-c6ccccc6-7)c6ccccc65)ccc4)ccc3c3ccccc32)c1.[Pt]. The molecule has 0 saturated carbocycles. The van der Waals surface area contributed by atoms with Crippen molar-refractivity contribution in [3.8, 4) is 140 Å². The first-order valence-corrected chi connectivity index (χ1v) is 31.8. The molecule has 0 bridgehead atoms. The molecule has 0 N–H and O–H groups in total. The molecule has 0 radical (unpaired) electrons. The largest absolute Gasteiger partial charge is 0.510 e. The molecule has 3 heterocycles. The predicted octanol–water partition coefficient (Wildman–Crippen LogP) is 22.2. The summed E-state index contributed by atoms with van der Waals surface area (Å²) in [5.41, 5.74) is 30.3. The first kappa shape index (κ1) is 56.7. The molecule has 0 unspecified atom stereocenters. The number of ether oxygens (including phenoxy) is 1. The van der Waals surface area contributed by atoms with Crippen LogP contribution in [0.25, 0.3) is 161 Å². The zero-order valence-electron chi connectivity index (χ0n) is 51.8. The molecular formula is C88H58N4OPt-2. The van der Waals surface area contributed by atoms with E-state index in [-0.39, 0.29) is 26.5 Å². The summed E-state index contributed by atoms with van der Waals surface area (Å²) >= 11 is 0. The van der Waals surface area contributed by atoms with Crippen LogP contribution in [0.3, 0.4) is 0 Å². The van der Waals surface area contributed by atoms with Gasteiger partial charge in [-0.05, 0) is 164 Å². The van der Waals surface area contributed by atoms with Crippen molar-refractivity contribution in [3.63, 3.8) is 0 Å². The van der Waals surface area contributed by atoms with Crippen LogP contribution in [0.4, 0.5) is 0 Å². The van der Waals surface area contributed by atoms with Gasteiger partial charge in [-0.15, -0.1) is 29.7 Å². The van der Waals surface area contributed by atoms with Crippen molar-refractivity contribution in [2.24, 2.45) is 0 Å². The van der Waals surface area contributed by atoms with Crippen molar-refractivity contribution in [3.05, 3.63) is 321 Å². The average molecular weight is 1380 g/mol. The zero-order valence-corrected chi connectivity index (χ0v) is 54.1. The van der Waals surface area contributed by atoms with Gasteiger partial charge in [0.1, 0.15) is 5.82 Å². The molecule has 0 spiro atoms. The van der Waals surface area contributed by atoms with Gasteiger partial charge in [0.15, 0.2) is 0 Å². The van der Waals surface area contributed by atoms with Crippen LogP contribution in [0.15, 0.2) is 297 Å². The van der Waals surface area contributed by atoms with E-state index in [1.165, 1.54) is 94.6 Å². The number of rotatable bonds is 7. The minimum absolute atomic E-state index is 0. The van der Waals surface area contributed by atoms with E-state index in [9.17, 15) is 0 Å². The molecule has 2 aliphatic rings. The average Bonchev–Trinajstić information content (AvgIpc) is 0.889. The van der Waals surface area contributed by atoms with Gasteiger partial charge in [0.25, 0.3) is 6.33 Å². The summed E-state index contributed by atoms with van der Waals surface area (Å²) in [5, 5.41) is 2.19. The molecule has 0 atom stereocenters. The quantitative estimate of drug-likeness (QED) is 0.118. The molecule has 2 aliphatic carbocycles. The van der Waals surface area contributed by atoms with Crippen LogP contribution in [0.2, 0.25) is 0 Å². The van der Waals surface area contributed by atoms with Crippen molar-refractivity contribution in [1.82, 2.24) is 14.1 Å². The predicted molar refractivity (Wildman–Crippen MR) is 380 cm³/mol. The summed E-state index contributed by atoms with van der Waals surface area (Å²) in [4.78, 5) is 4.93. The van der Waals surface area contributed by atoms with E-state index >= 15 is 0 Å². The molecule has 0 fully saturated rings. The molecule has 18 rings (SSSR count). The van der Waals surface area contributed by atoms with E-state index in [0.717, 1.165) is 72.3 Å². The van der Waals surface area contributed by atoms with E-state index < -0.39 is 0 Å². The molecule has 0 aliphatic heterocycles. The molecule has 0 amide bonds. The molecule has 3 aromatic heterocycles. The monoisotopic (exact) mass is 1380 g/mol. The van der Waals surface area contributed by atoms with Gasteiger partial charge in [-0.3, -0.25) is 4.57 Å². The van der Waals surface area contributed by atoms with E-state index in [0.29, 0.717) is 11.5 Å². The Bertz CT molecular complexity index is 5530. The standard InChI is InChI=1S/C88H58N4O.Pt/c1-88(2,3)58-48-49-89-86(52-58)92-82-39-17-16-36-78(82)79-47-44-61(54-85(79)92)93-60-23-20-22-59(53-60)90-55-91(84-41-19-18-40-83(84)90)87-62(56-42-45-76-72-32-10-8-28-68(72)64-24-4-6-26-66(64)70-30-12-14-34-74(70)80(76)50-56)37-21-38-63(87)57-43-46-77-73-33-11-9-29-69(73)65-25-5-7-27-67(65)71-31-13-15-35-75(71)81(77)51-57;/h4-52H,1-3H3;/q-2;. The second-order valence-corrected chi connectivity index (χ2v) is 25.3. The van der Waals surface area contributed by atoms with Crippen LogP contribution in [-0.2, 0) is 26.5 Å². The number of aromatic nitrogens is 4. The molecule has 13 aromatic carbocycles. The third kappa shape index (κ3) is 9.25. The van der Waals surface area contributed by atoms with Crippen LogP contribution in [0.1, 0.15) is 26.3 Å². The van der Waals surface area contributed by atoms with E-state index in [1.807, 2.05) is 24.4 Å². The normalized spacial score (nSPS) is 11.9. The maximum atomic E-state index is 6.85. The Morgan fingerprint density at radius 1 is 0.362 bits per heavy atom. The van der Waals surface area contributed by atoms with Crippen LogP contribution in [0.5, 0.6) is 11.5 Å². The smallest absolute Gasteiger partial charge is 0.268 e. The van der Waals surface area contributed by atoms with Gasteiger partial charge >= 0.3 is 0 Å². The van der Waals surface area contributed by atoms with Gasteiger partial charge in [-0.2, -0.15) is 18.2 Å². The van der Waals surface area contributed by atoms with Crippen LogP contribution in [0, 0.1) is 18.5 Å². The van der Waals surface area contributed by atoms with E-state index in [2.05, 4.69) is 326 Å². The molecule has 448 valence electrons. The number of benzene rings is 13. The van der Waals surface area contributed by atoms with Gasteiger partial charge in [0.05, 0.1) is 16.7 Å². The maximum absolute atomic E-state index is 6.85. The van der Waals surface area contributed by atoms with Gasteiger partial charge in [0.2, 0.25) is 0 Å². The topological polar surface area (TPSA) is 35.9 Å². The van der Waals surface area contributed by atoms with Gasteiger partial charge in [-0.25, -0.2) is 4.98 Å². The van der Waals surface area contributed by atoms with Crippen LogP contribution >= 0.6 is 0 Å². The minimum atomic E-state index is -0.0595. The van der Waals surface area contributed by atoms with E-state index in [1.54, 1.807) is 0 Å². The number of imidazole rings is 1. The van der Waals surface area contributed by atoms with Crippen molar-refractivity contribution < 1.29 is 30.4 Å². The summed E-state index contributed by atoms with van der Waals surface area (Å²) in [5.74, 6) is 1.95. The summed E-state index contributed by atoms with van der Waals surface area (Å²) in [6.45, 7) is 6.70. The Kier molecular flexibility index (Phi) is 13.6. The Labute approximate surface area is 561 Å². The molecule has 6 heteroatoms. The fourth-order valence-electron chi connectivity index (χ4n) is 14.6. The summed E-state index contributed by atoms with van der Waals surface area (Å²) < 4.78 is 13.4.